The van der Waals surface area contributed by atoms with Gasteiger partial charge in [0, 0.05) is 11.8 Å². The van der Waals surface area contributed by atoms with Gasteiger partial charge in [0.2, 0.25) is 5.91 Å². The number of anilines is 1. The van der Waals surface area contributed by atoms with Crippen molar-refractivity contribution < 1.29 is 14.3 Å². The molecule has 2 heterocycles. The van der Waals surface area contributed by atoms with Crippen molar-refractivity contribution in [1.82, 2.24) is 9.88 Å². The van der Waals surface area contributed by atoms with Crippen LogP contribution in [-0.4, -0.2) is 41.9 Å². The summed E-state index contributed by atoms with van der Waals surface area (Å²) < 4.78 is 5.28. The topological polar surface area (TPSA) is 71.5 Å². The maximum absolute atomic E-state index is 12.1. The van der Waals surface area contributed by atoms with E-state index in [1.807, 2.05) is 0 Å². The van der Waals surface area contributed by atoms with Gasteiger partial charge in [-0.1, -0.05) is 11.5 Å². The minimum absolute atomic E-state index is 0.0782. The third-order valence-electron chi connectivity index (χ3n) is 2.59. The molecule has 6 nitrogen and oxygen atoms in total. The van der Waals surface area contributed by atoms with Crippen LogP contribution >= 0.6 is 0 Å². The van der Waals surface area contributed by atoms with Gasteiger partial charge < -0.3 is 10.1 Å². The van der Waals surface area contributed by atoms with E-state index >= 15 is 0 Å². The number of amides is 2. The van der Waals surface area contributed by atoms with E-state index in [2.05, 4.69) is 10.3 Å². The predicted octanol–water partition coefficient (Wildman–Crippen LogP) is 0.565. The molecule has 0 atom stereocenters. The van der Waals surface area contributed by atoms with Gasteiger partial charge in [-0.3, -0.25) is 9.69 Å². The molecule has 2 amide bonds. The Bertz CT molecular complexity index is 554. The van der Waals surface area contributed by atoms with Crippen molar-refractivity contribution in [1.29, 1.82) is 0 Å². The highest BCUT2D eigenvalue weighted by atomic mass is 16.6. The number of rotatable bonds is 0. The van der Waals surface area contributed by atoms with Gasteiger partial charge in [0.15, 0.2) is 0 Å². The third-order valence-corrected chi connectivity index (χ3v) is 2.59. The molecule has 0 saturated heterocycles. The molecule has 1 N–H and O–H groups in total. The molecule has 0 fully saturated rings. The summed E-state index contributed by atoms with van der Waals surface area (Å²) in [4.78, 5) is 29.2. The summed E-state index contributed by atoms with van der Waals surface area (Å²) in [6.45, 7) is 5.47. The molecular weight excluding hydrogens is 257 g/mol. The SMILES string of the molecule is [B]c1cnc2c(c1)CN(C(=O)OC(C)(C)C)CC(=O)N2. The van der Waals surface area contributed by atoms with E-state index in [4.69, 9.17) is 12.6 Å². The number of aromatic nitrogens is 1. The van der Waals surface area contributed by atoms with Crippen molar-refractivity contribution >= 4 is 31.1 Å². The Hall–Kier alpha value is -2.05. The molecule has 1 aliphatic rings. The summed E-state index contributed by atoms with van der Waals surface area (Å²) in [5, 5.41) is 2.64. The summed E-state index contributed by atoms with van der Waals surface area (Å²) >= 11 is 0. The Labute approximate surface area is 118 Å². The number of hydrogen-bond donors (Lipinski definition) is 1. The summed E-state index contributed by atoms with van der Waals surface area (Å²) in [5.41, 5.74) is 0.544. The molecule has 1 aromatic rings. The van der Waals surface area contributed by atoms with Gasteiger partial charge in [0.1, 0.15) is 25.8 Å². The Kier molecular flexibility index (Phi) is 3.70. The van der Waals surface area contributed by atoms with E-state index in [9.17, 15) is 9.59 Å². The van der Waals surface area contributed by atoms with Crippen LogP contribution in [0.3, 0.4) is 0 Å². The van der Waals surface area contributed by atoms with Crippen molar-refractivity contribution in [3.05, 3.63) is 17.8 Å². The number of pyridine rings is 1. The number of ether oxygens (including phenoxy) is 1. The van der Waals surface area contributed by atoms with Crippen LogP contribution in [-0.2, 0) is 16.1 Å². The highest BCUT2D eigenvalue weighted by Crippen LogP contribution is 2.19. The fourth-order valence-electron chi connectivity index (χ4n) is 1.82. The van der Waals surface area contributed by atoms with Gasteiger partial charge >= 0.3 is 6.09 Å². The molecule has 0 unspecified atom stereocenters. The molecule has 20 heavy (non-hydrogen) atoms. The number of fused-ring (bicyclic) bond motifs is 1. The molecule has 2 radical (unpaired) electrons. The van der Waals surface area contributed by atoms with Gasteiger partial charge in [0.05, 0.1) is 6.54 Å². The summed E-state index contributed by atoms with van der Waals surface area (Å²) in [6, 6.07) is 1.69. The molecular formula is C13H16BN3O3. The Balaban J connectivity index is 2.24. The second-order valence-electron chi connectivity index (χ2n) is 5.66. The fraction of sp³-hybridized carbons (Fsp3) is 0.462. The predicted molar refractivity (Wildman–Crippen MR) is 74.9 cm³/mol. The molecule has 104 valence electrons. The Morgan fingerprint density at radius 2 is 2.15 bits per heavy atom. The van der Waals surface area contributed by atoms with Gasteiger partial charge in [-0.25, -0.2) is 9.78 Å². The van der Waals surface area contributed by atoms with Crippen molar-refractivity contribution in [3.8, 4) is 0 Å². The first kappa shape index (κ1) is 14.4. The molecule has 1 aliphatic heterocycles. The highest BCUT2D eigenvalue weighted by Gasteiger charge is 2.27. The maximum Gasteiger partial charge on any atom is 0.411 e. The average molecular weight is 273 g/mol. The van der Waals surface area contributed by atoms with Crippen LogP contribution < -0.4 is 10.8 Å². The molecule has 0 aliphatic carbocycles. The van der Waals surface area contributed by atoms with E-state index < -0.39 is 11.7 Å². The zero-order valence-electron chi connectivity index (χ0n) is 11.8. The van der Waals surface area contributed by atoms with E-state index in [0.29, 0.717) is 16.8 Å². The Morgan fingerprint density at radius 3 is 2.80 bits per heavy atom. The second-order valence-corrected chi connectivity index (χ2v) is 5.66. The van der Waals surface area contributed by atoms with Crippen LogP contribution in [0.25, 0.3) is 0 Å². The normalized spacial score (nSPS) is 15.2. The average Bonchev–Trinajstić information content (AvgIpc) is 2.45. The number of carbonyl (C=O) groups excluding carboxylic acids is 2. The Morgan fingerprint density at radius 1 is 1.45 bits per heavy atom. The summed E-state index contributed by atoms with van der Waals surface area (Å²) in [7, 11) is 5.68. The number of nitrogens with zero attached hydrogens (tertiary/aromatic N) is 2. The molecule has 0 bridgehead atoms. The van der Waals surface area contributed by atoms with E-state index in [1.165, 1.54) is 11.1 Å². The molecule has 0 saturated carbocycles. The molecule has 0 spiro atoms. The van der Waals surface area contributed by atoms with Crippen LogP contribution in [0.2, 0.25) is 0 Å². The molecule has 0 aromatic carbocycles. The van der Waals surface area contributed by atoms with Gasteiger partial charge in [-0.15, -0.1) is 0 Å². The molecule has 7 heteroatoms. The first-order valence-corrected chi connectivity index (χ1v) is 6.27. The van der Waals surface area contributed by atoms with Crippen LogP contribution in [0.1, 0.15) is 26.3 Å². The zero-order chi connectivity index (χ0) is 14.9. The maximum atomic E-state index is 12.1. The zero-order valence-corrected chi connectivity index (χ0v) is 11.8. The van der Waals surface area contributed by atoms with Gasteiger partial charge in [0.25, 0.3) is 0 Å². The number of nitrogens with one attached hydrogen (secondary N) is 1. The van der Waals surface area contributed by atoms with Crippen LogP contribution in [0, 0.1) is 0 Å². The summed E-state index contributed by atoms with van der Waals surface area (Å²) in [5.74, 6) is 0.113. The second kappa shape index (κ2) is 5.15. The quantitative estimate of drug-likeness (QED) is 0.701. The van der Waals surface area contributed by atoms with Crippen molar-refractivity contribution in [2.24, 2.45) is 0 Å². The monoisotopic (exact) mass is 273 g/mol. The van der Waals surface area contributed by atoms with Gasteiger partial charge in [-0.05, 0) is 20.8 Å². The van der Waals surface area contributed by atoms with Crippen molar-refractivity contribution in [2.75, 3.05) is 11.9 Å². The summed E-state index contributed by atoms with van der Waals surface area (Å²) in [6.07, 6.45) is 0.922. The van der Waals surface area contributed by atoms with E-state index in [0.717, 1.165) is 0 Å². The van der Waals surface area contributed by atoms with Gasteiger partial charge in [-0.2, -0.15) is 0 Å². The lowest BCUT2D eigenvalue weighted by atomic mass is 9.97. The number of hydrogen-bond acceptors (Lipinski definition) is 4. The first-order valence-electron chi connectivity index (χ1n) is 6.27. The smallest absolute Gasteiger partial charge is 0.411 e. The van der Waals surface area contributed by atoms with Crippen molar-refractivity contribution in [2.45, 2.75) is 32.9 Å². The van der Waals surface area contributed by atoms with E-state index in [-0.39, 0.29) is 19.0 Å². The largest absolute Gasteiger partial charge is 0.444 e. The molecule has 2 rings (SSSR count). The first-order chi connectivity index (χ1) is 9.24. The highest BCUT2D eigenvalue weighted by molar-refractivity contribution is 6.32. The fourth-order valence-corrected chi connectivity index (χ4v) is 1.82. The van der Waals surface area contributed by atoms with E-state index in [1.54, 1.807) is 26.8 Å². The minimum Gasteiger partial charge on any atom is -0.444 e. The lowest BCUT2D eigenvalue weighted by molar-refractivity contribution is -0.117. The third kappa shape index (κ3) is 3.49. The van der Waals surface area contributed by atoms with Crippen LogP contribution in [0.15, 0.2) is 12.3 Å². The van der Waals surface area contributed by atoms with Crippen LogP contribution in [0.5, 0.6) is 0 Å². The molecule has 1 aromatic heterocycles. The lowest BCUT2D eigenvalue weighted by Gasteiger charge is -2.25. The lowest BCUT2D eigenvalue weighted by Crippen LogP contribution is -2.39. The standard InChI is InChI=1S/C13H16BN3O3/c1-13(2,3)20-12(19)17-6-8-4-9(14)5-15-11(8)16-10(18)7-17/h4-5H,6-7H2,1-3H3,(H,15,16,18). The number of carbonyl (C=O) groups is 2. The van der Waals surface area contributed by atoms with Crippen molar-refractivity contribution in [3.63, 3.8) is 0 Å². The minimum atomic E-state index is -0.614. The van der Waals surface area contributed by atoms with Crippen LogP contribution in [0.4, 0.5) is 10.6 Å².